The van der Waals surface area contributed by atoms with Crippen molar-refractivity contribution in [3.63, 3.8) is 0 Å². The van der Waals surface area contributed by atoms with Gasteiger partial charge in [-0.05, 0) is 0 Å². The second kappa shape index (κ2) is 9.94. The van der Waals surface area contributed by atoms with E-state index in [1.165, 1.54) is 7.11 Å². The zero-order valence-corrected chi connectivity index (χ0v) is 18.7. The van der Waals surface area contributed by atoms with Gasteiger partial charge >= 0.3 is 11.9 Å². The summed E-state index contributed by atoms with van der Waals surface area (Å²) in [6.07, 6.45) is 0.828. The van der Waals surface area contributed by atoms with Gasteiger partial charge in [-0.25, -0.2) is 0 Å². The third-order valence-corrected chi connectivity index (χ3v) is 5.06. The average molecular weight is 448 g/mol. The highest BCUT2D eigenvalue weighted by molar-refractivity contribution is 5.87. The number of hydrogen-bond donors (Lipinski definition) is 2. The summed E-state index contributed by atoms with van der Waals surface area (Å²) < 4.78 is 22.5. The van der Waals surface area contributed by atoms with Gasteiger partial charge in [0.05, 0.1) is 30.4 Å². The van der Waals surface area contributed by atoms with Crippen molar-refractivity contribution in [3.8, 4) is 5.88 Å². The lowest BCUT2D eigenvalue weighted by atomic mass is 10.0. The molecule has 3 atom stereocenters. The summed E-state index contributed by atoms with van der Waals surface area (Å²) in [4.78, 5) is 46.4. The molecule has 174 valence electrons. The molecule has 1 aliphatic heterocycles. The predicted molar refractivity (Wildman–Crippen MR) is 113 cm³/mol. The molecule has 2 N–H and O–H groups in total. The molecule has 1 saturated heterocycles. The number of nitrogens with one attached hydrogen (secondary N) is 2. The molecule has 3 heterocycles. The van der Waals surface area contributed by atoms with Crippen LogP contribution >= 0.6 is 0 Å². The minimum atomic E-state index is -0.627. The number of aromatic nitrogens is 3. The molecule has 0 radical (unpaired) electrons. The Labute approximate surface area is 185 Å². The van der Waals surface area contributed by atoms with Gasteiger partial charge in [0.1, 0.15) is 24.5 Å². The Kier molecular flexibility index (Phi) is 7.29. The van der Waals surface area contributed by atoms with Gasteiger partial charge in [-0.15, -0.1) is 0 Å². The summed E-state index contributed by atoms with van der Waals surface area (Å²) >= 11 is 0. The highest BCUT2D eigenvalue weighted by atomic mass is 16.6. The van der Waals surface area contributed by atoms with E-state index in [-0.39, 0.29) is 42.2 Å². The van der Waals surface area contributed by atoms with Gasteiger partial charge in [0, 0.05) is 18.2 Å². The number of esters is 2. The number of fused-ring (bicyclic) bond motifs is 1. The molecule has 1 aliphatic rings. The Morgan fingerprint density at radius 2 is 1.97 bits per heavy atom. The normalized spacial score (nSPS) is 20.5. The summed E-state index contributed by atoms with van der Waals surface area (Å²) in [5, 5.41) is 2.98. The van der Waals surface area contributed by atoms with Crippen molar-refractivity contribution in [3.05, 3.63) is 11.8 Å². The van der Waals surface area contributed by atoms with Crippen LogP contribution in [-0.4, -0.2) is 59.2 Å². The highest BCUT2D eigenvalue weighted by Gasteiger charge is 2.41. The van der Waals surface area contributed by atoms with Crippen LogP contribution in [0.3, 0.4) is 0 Å². The van der Waals surface area contributed by atoms with E-state index < -0.39 is 18.3 Å². The van der Waals surface area contributed by atoms with Gasteiger partial charge in [-0.2, -0.15) is 9.97 Å². The predicted octanol–water partition coefficient (Wildman–Crippen LogP) is 2.13. The van der Waals surface area contributed by atoms with E-state index in [1.54, 1.807) is 33.9 Å². The Hall–Kier alpha value is -3.21. The quantitative estimate of drug-likeness (QED) is 0.436. The van der Waals surface area contributed by atoms with E-state index in [0.717, 1.165) is 0 Å². The second-order valence-corrected chi connectivity index (χ2v) is 8.10. The number of aromatic amines is 1. The van der Waals surface area contributed by atoms with E-state index >= 15 is 0 Å². The molecule has 32 heavy (non-hydrogen) atoms. The highest BCUT2D eigenvalue weighted by Crippen LogP contribution is 2.40. The average Bonchev–Trinajstić information content (AvgIpc) is 3.35. The van der Waals surface area contributed by atoms with E-state index in [1.807, 2.05) is 0 Å². The zero-order valence-electron chi connectivity index (χ0n) is 18.7. The molecule has 0 unspecified atom stereocenters. The topological polar surface area (TPSA) is 142 Å². The molecule has 1 fully saturated rings. The summed E-state index contributed by atoms with van der Waals surface area (Å²) in [6.45, 7) is 6.94. The van der Waals surface area contributed by atoms with Gasteiger partial charge in [0.25, 0.3) is 0 Å². The van der Waals surface area contributed by atoms with Gasteiger partial charge in [-0.1, -0.05) is 27.7 Å². The van der Waals surface area contributed by atoms with Crippen molar-refractivity contribution in [2.24, 2.45) is 11.8 Å². The van der Waals surface area contributed by atoms with Crippen LogP contribution in [0, 0.1) is 11.8 Å². The molecule has 2 aromatic heterocycles. The SMILES string of the molecule is COc1nc(NC=O)nc2[nH]cc([C@H]3C[C@H](OC(=O)C(C)C)[C@@H](COC(=O)C(C)C)O3)c12. The number of carbonyl (C=O) groups is 3. The Balaban J connectivity index is 1.88. The first-order valence-electron chi connectivity index (χ1n) is 10.4. The van der Waals surface area contributed by atoms with Crippen LogP contribution in [0.15, 0.2) is 6.20 Å². The molecule has 1 amide bonds. The maximum absolute atomic E-state index is 12.2. The van der Waals surface area contributed by atoms with E-state index in [0.29, 0.717) is 29.4 Å². The zero-order chi connectivity index (χ0) is 23.4. The lowest BCUT2D eigenvalue weighted by Gasteiger charge is -2.20. The van der Waals surface area contributed by atoms with Crippen LogP contribution < -0.4 is 10.1 Å². The van der Waals surface area contributed by atoms with Crippen molar-refractivity contribution >= 4 is 35.3 Å². The third kappa shape index (κ3) is 4.98. The number of rotatable bonds is 9. The molecule has 2 aromatic rings. The lowest BCUT2D eigenvalue weighted by Crippen LogP contribution is -2.33. The number of ether oxygens (including phenoxy) is 4. The summed E-state index contributed by atoms with van der Waals surface area (Å²) in [5.41, 5.74) is 1.16. The molecule has 0 aliphatic carbocycles. The minimum Gasteiger partial charge on any atom is -0.480 e. The van der Waals surface area contributed by atoms with E-state index in [4.69, 9.17) is 18.9 Å². The number of H-pyrrole nitrogens is 1. The first-order valence-corrected chi connectivity index (χ1v) is 10.4. The van der Waals surface area contributed by atoms with Gasteiger partial charge in [0.15, 0.2) is 0 Å². The monoisotopic (exact) mass is 448 g/mol. The largest absolute Gasteiger partial charge is 0.480 e. The van der Waals surface area contributed by atoms with Crippen molar-refractivity contribution in [1.82, 2.24) is 15.0 Å². The van der Waals surface area contributed by atoms with Crippen LogP contribution in [0.4, 0.5) is 5.95 Å². The van der Waals surface area contributed by atoms with Crippen molar-refractivity contribution < 1.29 is 33.3 Å². The summed E-state index contributed by atoms with van der Waals surface area (Å²) in [6, 6.07) is 0. The third-order valence-electron chi connectivity index (χ3n) is 5.06. The molecule has 0 spiro atoms. The Morgan fingerprint density at radius 3 is 2.59 bits per heavy atom. The van der Waals surface area contributed by atoms with E-state index in [2.05, 4.69) is 20.3 Å². The number of nitrogens with zero attached hydrogens (tertiary/aromatic N) is 2. The molecule has 0 bridgehead atoms. The van der Waals surface area contributed by atoms with Crippen molar-refractivity contribution in [2.75, 3.05) is 19.0 Å². The van der Waals surface area contributed by atoms with Crippen LogP contribution in [0.1, 0.15) is 45.8 Å². The van der Waals surface area contributed by atoms with Crippen LogP contribution in [0.5, 0.6) is 5.88 Å². The first kappa shape index (κ1) is 23.5. The number of amides is 1. The molecule has 11 heteroatoms. The second-order valence-electron chi connectivity index (χ2n) is 8.10. The molecular formula is C21H28N4O7. The minimum absolute atomic E-state index is 0.0348. The standard InChI is InChI=1S/C21H28N4O7/c1-10(2)19(27)30-8-15-14(32-20(28)11(3)4)6-13(31-15)12-7-22-17-16(12)18(29-5)25-21(24-17)23-9-26/h7,9-11,13-15H,6,8H2,1-5H3,(H2,22,23,24,25,26)/t13-,14+,15-/m1/s1. The molecule has 11 nitrogen and oxygen atoms in total. The lowest BCUT2D eigenvalue weighted by molar-refractivity contribution is -0.161. The fourth-order valence-electron chi connectivity index (χ4n) is 3.35. The van der Waals surface area contributed by atoms with Crippen LogP contribution in [0.2, 0.25) is 0 Å². The maximum atomic E-state index is 12.2. The summed E-state index contributed by atoms with van der Waals surface area (Å²) in [5.74, 6) is -0.963. The van der Waals surface area contributed by atoms with Gasteiger partial charge < -0.3 is 23.9 Å². The smallest absolute Gasteiger partial charge is 0.308 e. The number of hydrogen-bond acceptors (Lipinski definition) is 9. The van der Waals surface area contributed by atoms with Crippen LogP contribution in [-0.2, 0) is 28.6 Å². The van der Waals surface area contributed by atoms with Crippen molar-refractivity contribution in [1.29, 1.82) is 0 Å². The summed E-state index contributed by atoms with van der Waals surface area (Å²) in [7, 11) is 1.46. The Morgan fingerprint density at radius 1 is 1.25 bits per heavy atom. The molecular weight excluding hydrogens is 420 g/mol. The number of methoxy groups -OCH3 is 1. The van der Waals surface area contributed by atoms with E-state index in [9.17, 15) is 14.4 Å². The molecule has 0 aromatic carbocycles. The van der Waals surface area contributed by atoms with Gasteiger partial charge in [0.2, 0.25) is 18.2 Å². The number of anilines is 1. The fourth-order valence-corrected chi connectivity index (χ4v) is 3.35. The van der Waals surface area contributed by atoms with Crippen molar-refractivity contribution in [2.45, 2.75) is 52.4 Å². The van der Waals surface area contributed by atoms with Crippen LogP contribution in [0.25, 0.3) is 11.0 Å². The Bertz CT molecular complexity index is 988. The molecule has 3 rings (SSSR count). The van der Waals surface area contributed by atoms with Gasteiger partial charge in [-0.3, -0.25) is 19.7 Å². The maximum Gasteiger partial charge on any atom is 0.308 e. The first-order chi connectivity index (χ1) is 15.2. The molecule has 0 saturated carbocycles. The number of carbonyl (C=O) groups excluding carboxylic acids is 3. The fraction of sp³-hybridized carbons (Fsp3) is 0.571.